The molecule has 0 saturated heterocycles. The number of aromatic nitrogens is 1. The molecule has 0 unspecified atom stereocenters. The van der Waals surface area contributed by atoms with E-state index >= 15 is 0 Å². The van der Waals surface area contributed by atoms with Crippen molar-refractivity contribution in [3.05, 3.63) is 82.5 Å². The fourth-order valence-electron chi connectivity index (χ4n) is 3.84. The van der Waals surface area contributed by atoms with E-state index in [9.17, 15) is 32.7 Å². The number of rotatable bonds is 5. The molecule has 0 atom stereocenters. The largest absolute Gasteiger partial charge is 0.478 e. The lowest BCUT2D eigenvalue weighted by Gasteiger charge is -2.18. The van der Waals surface area contributed by atoms with Gasteiger partial charge in [-0.05, 0) is 47.5 Å². The van der Waals surface area contributed by atoms with Gasteiger partial charge in [0.05, 0.1) is 33.8 Å². The summed E-state index contributed by atoms with van der Waals surface area (Å²) in [4.78, 5) is 38.8. The molecule has 0 aliphatic heterocycles. The van der Waals surface area contributed by atoms with Crippen molar-refractivity contribution in [2.75, 3.05) is 19.4 Å². The minimum atomic E-state index is -4.71. The van der Waals surface area contributed by atoms with E-state index in [1.165, 1.54) is 61.5 Å². The molecule has 0 radical (unpaired) electrons. The number of aromatic carboxylic acids is 1. The monoisotopic (exact) mass is 522 g/mol. The number of amides is 2. The number of fused-ring (bicyclic) bond motifs is 1. The molecule has 2 N–H and O–H groups in total. The second kappa shape index (κ2) is 9.70. The van der Waals surface area contributed by atoms with Crippen LogP contribution in [0.15, 0.2) is 59.1 Å². The number of alkyl halides is 3. The van der Waals surface area contributed by atoms with Crippen LogP contribution in [-0.4, -0.2) is 47.0 Å². The van der Waals surface area contributed by atoms with Gasteiger partial charge in [0.1, 0.15) is 0 Å². The van der Waals surface area contributed by atoms with E-state index in [1.54, 1.807) is 6.07 Å². The van der Waals surface area contributed by atoms with Crippen LogP contribution < -0.4 is 5.32 Å². The number of nitriles is 1. The Bertz CT molecular complexity index is 1650. The molecule has 0 saturated carbocycles. The summed E-state index contributed by atoms with van der Waals surface area (Å²) in [5.41, 5.74) is -2.26. The van der Waals surface area contributed by atoms with Crippen LogP contribution in [-0.2, 0) is 6.18 Å². The minimum absolute atomic E-state index is 0.0199. The number of nitrogens with zero attached hydrogens (tertiary/aromatic N) is 3. The van der Waals surface area contributed by atoms with Crippen molar-refractivity contribution in [2.24, 2.45) is 0 Å². The SMILES string of the molecule is CN(C)C(=O)c1cc2c(C(=O)Nc3ccc(C#N)cc3C(=O)O)noc2cc1-c1ccccc1C(F)(F)F. The van der Waals surface area contributed by atoms with E-state index in [-0.39, 0.29) is 50.2 Å². The number of hydrogen-bond donors (Lipinski definition) is 2. The number of carbonyl (C=O) groups excluding carboxylic acids is 2. The summed E-state index contributed by atoms with van der Waals surface area (Å²) < 4.78 is 46.5. The van der Waals surface area contributed by atoms with E-state index in [2.05, 4.69) is 10.5 Å². The van der Waals surface area contributed by atoms with Gasteiger partial charge >= 0.3 is 12.1 Å². The van der Waals surface area contributed by atoms with Crippen LogP contribution in [0.1, 0.15) is 42.3 Å². The van der Waals surface area contributed by atoms with E-state index < -0.39 is 29.5 Å². The van der Waals surface area contributed by atoms with Crippen LogP contribution in [0.25, 0.3) is 22.1 Å². The Balaban J connectivity index is 1.86. The molecule has 1 heterocycles. The first-order chi connectivity index (χ1) is 17.9. The molecular formula is C26H17F3N4O5. The molecule has 9 nitrogen and oxygen atoms in total. The highest BCUT2D eigenvalue weighted by Crippen LogP contribution is 2.40. The Kier molecular flexibility index (Phi) is 6.61. The first-order valence-corrected chi connectivity index (χ1v) is 10.8. The van der Waals surface area contributed by atoms with E-state index in [0.717, 1.165) is 12.1 Å². The van der Waals surface area contributed by atoms with Gasteiger partial charge in [-0.2, -0.15) is 18.4 Å². The standard InChI is InChI=1S/C26H17F3N4O5/c1-33(2)24(35)16-10-18-21(11-15(16)14-5-3-4-6-19(14)26(27,28)29)38-32-22(18)23(34)31-20-8-7-13(12-30)9-17(20)25(36)37/h3-11H,1-2H3,(H,31,34)(H,36,37). The van der Waals surface area contributed by atoms with Crippen molar-refractivity contribution in [1.82, 2.24) is 10.1 Å². The number of halogens is 3. The summed E-state index contributed by atoms with van der Waals surface area (Å²) >= 11 is 0. The molecule has 1 aromatic heterocycles. The zero-order valence-electron chi connectivity index (χ0n) is 19.8. The number of nitrogens with one attached hydrogen (secondary N) is 1. The highest BCUT2D eigenvalue weighted by Gasteiger charge is 2.35. The van der Waals surface area contributed by atoms with Crippen LogP contribution in [0, 0.1) is 11.3 Å². The van der Waals surface area contributed by atoms with Crippen LogP contribution in [0.3, 0.4) is 0 Å². The van der Waals surface area contributed by atoms with Crippen molar-refractivity contribution in [1.29, 1.82) is 5.26 Å². The molecular weight excluding hydrogens is 505 g/mol. The summed E-state index contributed by atoms with van der Waals surface area (Å²) in [5.74, 6) is -2.93. The Labute approximate surface area is 212 Å². The van der Waals surface area contributed by atoms with Gasteiger partial charge in [0, 0.05) is 19.7 Å². The summed E-state index contributed by atoms with van der Waals surface area (Å²) in [7, 11) is 2.84. The number of hydrogen-bond acceptors (Lipinski definition) is 6. The number of anilines is 1. The third-order valence-corrected chi connectivity index (χ3v) is 5.61. The Morgan fingerprint density at radius 2 is 1.74 bits per heavy atom. The molecule has 38 heavy (non-hydrogen) atoms. The van der Waals surface area contributed by atoms with Gasteiger partial charge in [0.15, 0.2) is 11.3 Å². The third kappa shape index (κ3) is 4.77. The normalized spacial score (nSPS) is 11.2. The fourth-order valence-corrected chi connectivity index (χ4v) is 3.84. The Morgan fingerprint density at radius 3 is 2.37 bits per heavy atom. The van der Waals surface area contributed by atoms with Crippen LogP contribution in [0.5, 0.6) is 0 Å². The summed E-state index contributed by atoms with van der Waals surface area (Å²) in [6.07, 6.45) is -4.71. The van der Waals surface area contributed by atoms with Gasteiger partial charge in [-0.3, -0.25) is 9.59 Å². The second-order valence-electron chi connectivity index (χ2n) is 8.30. The molecule has 0 fully saturated rings. The zero-order valence-corrected chi connectivity index (χ0v) is 19.8. The van der Waals surface area contributed by atoms with E-state index in [0.29, 0.717) is 0 Å². The van der Waals surface area contributed by atoms with E-state index in [4.69, 9.17) is 9.78 Å². The van der Waals surface area contributed by atoms with Gasteiger partial charge in [-0.25, -0.2) is 4.79 Å². The molecule has 192 valence electrons. The van der Waals surface area contributed by atoms with Gasteiger partial charge in [0.2, 0.25) is 0 Å². The lowest BCUT2D eigenvalue weighted by atomic mass is 9.93. The average Bonchev–Trinajstić information content (AvgIpc) is 3.30. The first-order valence-electron chi connectivity index (χ1n) is 10.8. The zero-order chi connectivity index (χ0) is 27.8. The number of benzene rings is 3. The topological polar surface area (TPSA) is 137 Å². The smallest absolute Gasteiger partial charge is 0.417 e. The predicted molar refractivity (Wildman–Crippen MR) is 129 cm³/mol. The van der Waals surface area contributed by atoms with Crippen molar-refractivity contribution in [3.8, 4) is 17.2 Å². The fraction of sp³-hybridized carbons (Fsp3) is 0.115. The number of carboxylic acids is 1. The summed E-state index contributed by atoms with van der Waals surface area (Å²) in [6, 6.07) is 12.6. The lowest BCUT2D eigenvalue weighted by Crippen LogP contribution is -2.23. The second-order valence-corrected chi connectivity index (χ2v) is 8.30. The number of carbonyl (C=O) groups is 3. The van der Waals surface area contributed by atoms with Crippen molar-refractivity contribution >= 4 is 34.4 Å². The molecule has 0 bridgehead atoms. The maximum atomic E-state index is 13.7. The van der Waals surface area contributed by atoms with Gasteiger partial charge < -0.3 is 19.8 Å². The molecule has 12 heteroatoms. The first kappa shape index (κ1) is 25.9. The van der Waals surface area contributed by atoms with Crippen molar-refractivity contribution in [2.45, 2.75) is 6.18 Å². The van der Waals surface area contributed by atoms with Gasteiger partial charge in [-0.15, -0.1) is 0 Å². The molecule has 0 spiro atoms. The number of carboxylic acid groups (broad SMARTS) is 1. The van der Waals surface area contributed by atoms with Crippen molar-refractivity contribution in [3.63, 3.8) is 0 Å². The van der Waals surface area contributed by atoms with Crippen LogP contribution in [0.2, 0.25) is 0 Å². The van der Waals surface area contributed by atoms with Crippen molar-refractivity contribution < 1.29 is 37.2 Å². The molecule has 3 aromatic carbocycles. The maximum Gasteiger partial charge on any atom is 0.417 e. The van der Waals surface area contributed by atoms with Gasteiger partial charge in [-0.1, -0.05) is 23.4 Å². The minimum Gasteiger partial charge on any atom is -0.478 e. The molecule has 2 amide bonds. The summed E-state index contributed by atoms with van der Waals surface area (Å²) in [5, 5.41) is 24.6. The highest BCUT2D eigenvalue weighted by molar-refractivity contribution is 6.14. The molecule has 4 rings (SSSR count). The maximum absolute atomic E-state index is 13.7. The van der Waals surface area contributed by atoms with E-state index in [1.807, 2.05) is 0 Å². The quantitative estimate of drug-likeness (QED) is 0.375. The average molecular weight is 522 g/mol. The molecule has 0 aliphatic rings. The van der Waals surface area contributed by atoms with Crippen LogP contribution >= 0.6 is 0 Å². The lowest BCUT2D eigenvalue weighted by molar-refractivity contribution is -0.137. The predicted octanol–water partition coefficient (Wildman–Crippen LogP) is 5.04. The van der Waals surface area contributed by atoms with Gasteiger partial charge in [0.25, 0.3) is 11.8 Å². The molecule has 0 aliphatic carbocycles. The Hall–Kier alpha value is -5.18. The summed E-state index contributed by atoms with van der Waals surface area (Å²) in [6.45, 7) is 0. The highest BCUT2D eigenvalue weighted by atomic mass is 19.4. The Morgan fingerprint density at radius 1 is 1.03 bits per heavy atom. The third-order valence-electron chi connectivity index (χ3n) is 5.61. The molecule has 4 aromatic rings. The van der Waals surface area contributed by atoms with Crippen LogP contribution in [0.4, 0.5) is 18.9 Å².